The van der Waals surface area contributed by atoms with Crippen molar-refractivity contribution >= 4 is 12.2 Å². The van der Waals surface area contributed by atoms with Crippen molar-refractivity contribution in [3.05, 3.63) is 128 Å². The third-order valence-corrected chi connectivity index (χ3v) is 9.33. The van der Waals surface area contributed by atoms with Crippen molar-refractivity contribution < 1.29 is 0 Å². The first-order valence-electron chi connectivity index (χ1n) is 14.6. The van der Waals surface area contributed by atoms with Gasteiger partial charge in [-0.15, -0.1) is 0 Å². The van der Waals surface area contributed by atoms with Crippen LogP contribution >= 0.6 is 0 Å². The quantitative estimate of drug-likeness (QED) is 0.243. The molecule has 0 nitrogen and oxygen atoms in total. The zero-order valence-electron chi connectivity index (χ0n) is 24.4. The van der Waals surface area contributed by atoms with Gasteiger partial charge >= 0.3 is 0 Å². The van der Waals surface area contributed by atoms with E-state index in [1.54, 1.807) is 11.1 Å². The maximum absolute atomic E-state index is 2.55. The van der Waals surface area contributed by atoms with Gasteiger partial charge in [-0.2, -0.15) is 0 Å². The summed E-state index contributed by atoms with van der Waals surface area (Å²) in [5.41, 5.74) is 19.8. The highest BCUT2D eigenvalue weighted by Gasteiger charge is 2.37. The van der Waals surface area contributed by atoms with Gasteiger partial charge in [-0.3, -0.25) is 0 Å². The molecule has 0 unspecified atom stereocenters. The Morgan fingerprint density at radius 2 is 1.05 bits per heavy atom. The second-order valence-electron chi connectivity index (χ2n) is 12.2. The van der Waals surface area contributed by atoms with Gasteiger partial charge in [0.15, 0.2) is 0 Å². The Balaban J connectivity index is 1.44. The highest BCUT2D eigenvalue weighted by atomic mass is 14.4. The maximum atomic E-state index is 2.55. The van der Waals surface area contributed by atoms with Crippen molar-refractivity contribution in [2.75, 3.05) is 0 Å². The highest BCUT2D eigenvalue weighted by Crippen LogP contribution is 2.51. The number of aryl methyl sites for hydroxylation is 4. The first-order chi connectivity index (χ1) is 18.8. The minimum atomic E-state index is 0.0463. The molecule has 0 aromatic heterocycles. The molecule has 0 heteroatoms. The van der Waals surface area contributed by atoms with E-state index < -0.39 is 0 Å². The fourth-order valence-electron chi connectivity index (χ4n) is 6.99. The lowest BCUT2D eigenvalue weighted by atomic mass is 9.71. The summed E-state index contributed by atoms with van der Waals surface area (Å²) >= 11 is 0. The molecule has 196 valence electrons. The molecule has 2 aliphatic rings. The molecule has 0 spiro atoms. The van der Waals surface area contributed by atoms with Crippen LogP contribution in [0.3, 0.4) is 0 Å². The Kier molecular flexibility index (Phi) is 6.46. The van der Waals surface area contributed by atoms with Crippen molar-refractivity contribution in [1.82, 2.24) is 0 Å². The molecular formula is C39H40. The van der Waals surface area contributed by atoms with E-state index in [9.17, 15) is 0 Å². The number of rotatable bonds is 6. The van der Waals surface area contributed by atoms with Gasteiger partial charge in [0.25, 0.3) is 0 Å². The van der Waals surface area contributed by atoms with Gasteiger partial charge in [0.1, 0.15) is 0 Å². The molecule has 0 amide bonds. The van der Waals surface area contributed by atoms with Crippen molar-refractivity contribution in [3.8, 4) is 22.3 Å². The molecule has 0 saturated carbocycles. The van der Waals surface area contributed by atoms with Crippen LogP contribution in [0, 0.1) is 33.1 Å². The van der Waals surface area contributed by atoms with Gasteiger partial charge in [0.05, 0.1) is 0 Å². The Morgan fingerprint density at radius 3 is 1.49 bits per heavy atom. The second-order valence-corrected chi connectivity index (χ2v) is 12.2. The number of benzene rings is 4. The molecule has 0 N–H and O–H groups in total. The van der Waals surface area contributed by atoms with Gasteiger partial charge in [-0.1, -0.05) is 127 Å². The summed E-state index contributed by atoms with van der Waals surface area (Å²) in [5.74, 6) is 0. The van der Waals surface area contributed by atoms with E-state index in [0.717, 1.165) is 12.8 Å². The summed E-state index contributed by atoms with van der Waals surface area (Å²) in [4.78, 5) is 0. The predicted octanol–water partition coefficient (Wildman–Crippen LogP) is 10.6. The molecule has 0 fully saturated rings. The van der Waals surface area contributed by atoms with Crippen LogP contribution in [0.5, 0.6) is 0 Å². The largest absolute Gasteiger partial charge is 0.0653 e. The van der Waals surface area contributed by atoms with Gasteiger partial charge in [-0.05, 0) is 103 Å². The van der Waals surface area contributed by atoms with E-state index in [0.29, 0.717) is 0 Å². The lowest BCUT2D eigenvalue weighted by molar-refractivity contribution is 0.424. The minimum absolute atomic E-state index is 0.0463. The second kappa shape index (κ2) is 9.83. The van der Waals surface area contributed by atoms with Gasteiger partial charge in [-0.25, -0.2) is 0 Å². The molecule has 2 aliphatic carbocycles. The fraction of sp³-hybridized carbons (Fsp3) is 0.282. The third kappa shape index (κ3) is 4.41. The number of hydrogen-bond donors (Lipinski definition) is 0. The van der Waals surface area contributed by atoms with Crippen molar-refractivity contribution in [2.45, 2.75) is 67.2 Å². The van der Waals surface area contributed by atoms with Crippen LogP contribution in [-0.4, -0.2) is 0 Å². The fourth-order valence-corrected chi connectivity index (χ4v) is 6.99. The van der Waals surface area contributed by atoms with E-state index in [4.69, 9.17) is 0 Å². The average Bonchev–Trinajstić information content (AvgIpc) is 3.57. The van der Waals surface area contributed by atoms with Gasteiger partial charge in [0, 0.05) is 5.41 Å². The normalized spacial score (nSPS) is 14.2. The van der Waals surface area contributed by atoms with Crippen molar-refractivity contribution in [3.63, 3.8) is 0 Å². The summed E-state index contributed by atoms with van der Waals surface area (Å²) < 4.78 is 0. The average molecular weight is 509 g/mol. The molecule has 39 heavy (non-hydrogen) atoms. The van der Waals surface area contributed by atoms with Crippen LogP contribution in [0.25, 0.3) is 34.4 Å². The molecule has 0 heterocycles. The van der Waals surface area contributed by atoms with Gasteiger partial charge in [0.2, 0.25) is 0 Å². The Bertz CT molecular complexity index is 1540. The zero-order valence-corrected chi connectivity index (χ0v) is 24.4. The van der Waals surface area contributed by atoms with Crippen molar-refractivity contribution in [1.29, 1.82) is 0 Å². The summed E-state index contributed by atoms with van der Waals surface area (Å²) in [5, 5.41) is 0. The van der Waals surface area contributed by atoms with E-state index >= 15 is 0 Å². The first kappa shape index (κ1) is 25.6. The molecular weight excluding hydrogens is 468 g/mol. The minimum Gasteiger partial charge on any atom is -0.0653 e. The van der Waals surface area contributed by atoms with Crippen LogP contribution in [-0.2, 0) is 12.8 Å². The van der Waals surface area contributed by atoms with E-state index in [2.05, 4.69) is 126 Å². The summed E-state index contributed by atoms with van der Waals surface area (Å²) in [6, 6.07) is 27.5. The lowest BCUT2D eigenvalue weighted by Crippen LogP contribution is -2.22. The topological polar surface area (TPSA) is 0 Å². The number of fused-ring (bicyclic) bond motifs is 2. The monoisotopic (exact) mass is 508 g/mol. The van der Waals surface area contributed by atoms with E-state index in [1.807, 2.05) is 0 Å². The molecule has 0 aliphatic heterocycles. The standard InChI is InChI=1S/C39H40/c1-7-18-39(6,31-21-29-10-8-12-33(37(29)23-31)35-19-25(2)14-16-27(35)4)32-22-30-11-9-13-34(38(30)24-32)36-20-26(3)15-17-28(36)5/h8-17,19-20,23-24H,7,18,21-22H2,1-6H3. The Hall–Kier alpha value is -3.64. The van der Waals surface area contributed by atoms with Crippen LogP contribution in [0.2, 0.25) is 0 Å². The number of hydrogen-bond acceptors (Lipinski definition) is 0. The van der Waals surface area contributed by atoms with Crippen LogP contribution < -0.4 is 0 Å². The highest BCUT2D eigenvalue weighted by molar-refractivity contribution is 5.86. The number of allylic oxidation sites excluding steroid dienone is 2. The SMILES string of the molecule is CCCC(C)(C1=Cc2c(cccc2-c2cc(C)ccc2C)C1)C1=Cc2c(cccc2-c2cc(C)ccc2C)C1. The molecule has 6 rings (SSSR count). The predicted molar refractivity (Wildman–Crippen MR) is 169 cm³/mol. The molecule has 0 saturated heterocycles. The van der Waals surface area contributed by atoms with Gasteiger partial charge < -0.3 is 0 Å². The van der Waals surface area contributed by atoms with Crippen LogP contribution in [0.15, 0.2) is 83.9 Å². The molecule has 4 aromatic rings. The van der Waals surface area contributed by atoms with Crippen molar-refractivity contribution in [2.24, 2.45) is 5.41 Å². The summed E-state index contributed by atoms with van der Waals surface area (Å²) in [7, 11) is 0. The maximum Gasteiger partial charge on any atom is 0.0105 e. The Morgan fingerprint density at radius 1 is 0.590 bits per heavy atom. The molecule has 0 atom stereocenters. The summed E-state index contributed by atoms with van der Waals surface area (Å²) in [6.07, 6.45) is 9.54. The Labute approximate surface area is 235 Å². The zero-order chi connectivity index (χ0) is 27.3. The smallest absolute Gasteiger partial charge is 0.0105 e. The molecule has 4 aromatic carbocycles. The van der Waals surface area contributed by atoms with E-state index in [1.165, 1.54) is 79.6 Å². The third-order valence-electron chi connectivity index (χ3n) is 9.33. The molecule has 0 radical (unpaired) electrons. The lowest BCUT2D eigenvalue weighted by Gasteiger charge is -2.33. The van der Waals surface area contributed by atoms with E-state index in [-0.39, 0.29) is 5.41 Å². The van der Waals surface area contributed by atoms with Crippen LogP contribution in [0.1, 0.15) is 71.2 Å². The summed E-state index contributed by atoms with van der Waals surface area (Å²) in [6.45, 7) is 13.7. The molecule has 0 bridgehead atoms. The van der Waals surface area contributed by atoms with Crippen LogP contribution in [0.4, 0.5) is 0 Å². The first-order valence-corrected chi connectivity index (χ1v) is 14.6.